The predicted octanol–water partition coefficient (Wildman–Crippen LogP) is 4.50. The lowest BCUT2D eigenvalue weighted by molar-refractivity contribution is -0.152. The van der Waals surface area contributed by atoms with Gasteiger partial charge in [0, 0.05) is 23.1 Å². The molecule has 0 bridgehead atoms. The van der Waals surface area contributed by atoms with E-state index in [9.17, 15) is 14.0 Å². The van der Waals surface area contributed by atoms with Crippen LogP contribution < -0.4 is 10.4 Å². The molecule has 0 aliphatic heterocycles. The zero-order chi connectivity index (χ0) is 20.4. The van der Waals surface area contributed by atoms with Crippen molar-refractivity contribution in [2.75, 3.05) is 7.11 Å². The topological polar surface area (TPSA) is 65.7 Å². The molecular formula is C23H21FO5. The van der Waals surface area contributed by atoms with Crippen LogP contribution in [-0.4, -0.2) is 13.1 Å². The van der Waals surface area contributed by atoms with E-state index < -0.39 is 11.0 Å². The van der Waals surface area contributed by atoms with Crippen molar-refractivity contribution in [3.63, 3.8) is 0 Å². The Bertz CT molecular complexity index is 1090. The van der Waals surface area contributed by atoms with Crippen LogP contribution in [0, 0.1) is 5.82 Å². The number of benzene rings is 2. The van der Waals surface area contributed by atoms with E-state index in [0.717, 1.165) is 18.4 Å². The second-order valence-electron chi connectivity index (χ2n) is 7.33. The Morgan fingerprint density at radius 1 is 1.10 bits per heavy atom. The predicted molar refractivity (Wildman–Crippen MR) is 105 cm³/mol. The molecule has 5 nitrogen and oxygen atoms in total. The standard InChI is InChI=1S/C23H21FO5/c1-27-18-8-9-19-15(12-21(25)29-20(19)13-18)14-28-22(26)23(10-2-3-11-23)16-4-6-17(24)7-5-16/h4-9,12-13H,2-3,10-11,14H2,1H3. The van der Waals surface area contributed by atoms with Crippen LogP contribution in [0.25, 0.3) is 11.0 Å². The number of carbonyl (C=O) groups excluding carboxylic acids is 1. The van der Waals surface area contributed by atoms with Gasteiger partial charge in [-0.25, -0.2) is 9.18 Å². The van der Waals surface area contributed by atoms with Crippen LogP contribution in [0.4, 0.5) is 4.39 Å². The average molecular weight is 396 g/mol. The molecular weight excluding hydrogens is 375 g/mol. The number of hydrogen-bond donors (Lipinski definition) is 0. The van der Waals surface area contributed by atoms with Gasteiger partial charge in [-0.05, 0) is 42.7 Å². The van der Waals surface area contributed by atoms with Crippen molar-refractivity contribution < 1.29 is 23.1 Å². The molecule has 1 saturated carbocycles. The highest BCUT2D eigenvalue weighted by Crippen LogP contribution is 2.42. The van der Waals surface area contributed by atoms with Gasteiger partial charge in [0.15, 0.2) is 0 Å². The second-order valence-corrected chi connectivity index (χ2v) is 7.33. The Hall–Kier alpha value is -3.15. The molecule has 1 aliphatic rings. The van der Waals surface area contributed by atoms with Crippen LogP contribution in [0.2, 0.25) is 0 Å². The van der Waals surface area contributed by atoms with Gasteiger partial charge in [-0.1, -0.05) is 25.0 Å². The third kappa shape index (κ3) is 3.62. The Labute approximate surface area is 167 Å². The highest BCUT2D eigenvalue weighted by Gasteiger charge is 2.44. The number of fused-ring (bicyclic) bond motifs is 1. The van der Waals surface area contributed by atoms with Gasteiger partial charge in [0.05, 0.1) is 12.5 Å². The zero-order valence-corrected chi connectivity index (χ0v) is 16.1. The smallest absolute Gasteiger partial charge is 0.336 e. The molecule has 1 heterocycles. The van der Waals surface area contributed by atoms with Gasteiger partial charge in [0.2, 0.25) is 0 Å². The van der Waals surface area contributed by atoms with E-state index in [0.29, 0.717) is 35.1 Å². The molecule has 1 fully saturated rings. The van der Waals surface area contributed by atoms with Crippen LogP contribution in [0.1, 0.15) is 36.8 Å². The highest BCUT2D eigenvalue weighted by molar-refractivity contribution is 5.85. The maximum Gasteiger partial charge on any atom is 0.336 e. The minimum Gasteiger partial charge on any atom is -0.497 e. The molecule has 29 heavy (non-hydrogen) atoms. The van der Waals surface area contributed by atoms with Crippen molar-refractivity contribution in [2.24, 2.45) is 0 Å². The number of esters is 1. The lowest BCUT2D eigenvalue weighted by atomic mass is 9.79. The molecule has 1 aromatic heterocycles. The summed E-state index contributed by atoms with van der Waals surface area (Å²) in [5.74, 6) is -0.124. The van der Waals surface area contributed by atoms with Crippen LogP contribution >= 0.6 is 0 Å². The number of carbonyl (C=O) groups is 1. The van der Waals surface area contributed by atoms with Crippen LogP contribution in [0.3, 0.4) is 0 Å². The Kier molecular flexibility index (Phi) is 5.09. The Morgan fingerprint density at radius 2 is 1.83 bits per heavy atom. The largest absolute Gasteiger partial charge is 0.497 e. The van der Waals surface area contributed by atoms with Crippen LogP contribution in [-0.2, 0) is 21.6 Å². The molecule has 0 saturated heterocycles. The van der Waals surface area contributed by atoms with E-state index in [1.54, 1.807) is 30.3 Å². The molecule has 0 spiro atoms. The molecule has 0 radical (unpaired) electrons. The first kappa shape index (κ1) is 19.2. The monoisotopic (exact) mass is 396 g/mol. The third-order valence-electron chi connectivity index (χ3n) is 5.64. The summed E-state index contributed by atoms with van der Waals surface area (Å²) in [6.45, 7) is -0.0454. The summed E-state index contributed by atoms with van der Waals surface area (Å²) in [5, 5.41) is 0.681. The molecule has 4 rings (SSSR count). The van der Waals surface area contributed by atoms with Crippen molar-refractivity contribution in [1.29, 1.82) is 0 Å². The van der Waals surface area contributed by atoms with E-state index in [1.807, 2.05) is 0 Å². The fraction of sp³-hybridized carbons (Fsp3) is 0.304. The quantitative estimate of drug-likeness (QED) is 0.469. The van der Waals surface area contributed by atoms with E-state index in [2.05, 4.69) is 0 Å². The molecule has 2 aromatic carbocycles. The lowest BCUT2D eigenvalue weighted by Gasteiger charge is -2.27. The maximum absolute atomic E-state index is 13.3. The van der Waals surface area contributed by atoms with Crippen molar-refractivity contribution in [2.45, 2.75) is 37.7 Å². The summed E-state index contributed by atoms with van der Waals surface area (Å²) in [7, 11) is 1.53. The molecule has 6 heteroatoms. The summed E-state index contributed by atoms with van der Waals surface area (Å²) in [6.07, 6.45) is 3.13. The van der Waals surface area contributed by atoms with E-state index >= 15 is 0 Å². The highest BCUT2D eigenvalue weighted by atomic mass is 19.1. The van der Waals surface area contributed by atoms with E-state index in [1.165, 1.54) is 25.3 Å². The fourth-order valence-electron chi connectivity index (χ4n) is 4.10. The summed E-state index contributed by atoms with van der Waals surface area (Å²) in [6, 6.07) is 12.5. The fourth-order valence-corrected chi connectivity index (χ4v) is 4.10. The summed E-state index contributed by atoms with van der Waals surface area (Å²) < 4.78 is 29.4. The first-order chi connectivity index (χ1) is 14.0. The average Bonchev–Trinajstić information content (AvgIpc) is 3.22. The first-order valence-corrected chi connectivity index (χ1v) is 9.56. The molecule has 0 atom stereocenters. The molecule has 0 amide bonds. The third-order valence-corrected chi connectivity index (χ3v) is 5.64. The Morgan fingerprint density at radius 3 is 2.52 bits per heavy atom. The van der Waals surface area contributed by atoms with Crippen LogP contribution in [0.5, 0.6) is 5.75 Å². The Balaban J connectivity index is 1.62. The minimum absolute atomic E-state index is 0.0454. The van der Waals surface area contributed by atoms with E-state index in [-0.39, 0.29) is 18.4 Å². The van der Waals surface area contributed by atoms with Gasteiger partial charge in [0.1, 0.15) is 23.8 Å². The van der Waals surface area contributed by atoms with Crippen molar-refractivity contribution in [1.82, 2.24) is 0 Å². The normalized spacial score (nSPS) is 15.4. The van der Waals surface area contributed by atoms with Gasteiger partial charge < -0.3 is 13.9 Å². The zero-order valence-electron chi connectivity index (χ0n) is 16.1. The second kappa shape index (κ2) is 7.70. The van der Waals surface area contributed by atoms with Crippen LogP contribution in [0.15, 0.2) is 57.7 Å². The molecule has 150 valence electrons. The lowest BCUT2D eigenvalue weighted by Crippen LogP contribution is -2.34. The van der Waals surface area contributed by atoms with Gasteiger partial charge in [0.25, 0.3) is 0 Å². The van der Waals surface area contributed by atoms with Gasteiger partial charge in [-0.3, -0.25) is 4.79 Å². The molecule has 0 unspecified atom stereocenters. The number of halogens is 1. The van der Waals surface area contributed by atoms with Crippen molar-refractivity contribution >= 4 is 16.9 Å². The number of hydrogen-bond acceptors (Lipinski definition) is 5. The molecule has 1 aliphatic carbocycles. The summed E-state index contributed by atoms with van der Waals surface area (Å²) in [4.78, 5) is 25.0. The van der Waals surface area contributed by atoms with Gasteiger partial charge in [-0.2, -0.15) is 0 Å². The number of rotatable bonds is 5. The van der Waals surface area contributed by atoms with Crippen molar-refractivity contribution in [3.05, 3.63) is 75.9 Å². The molecule has 3 aromatic rings. The van der Waals surface area contributed by atoms with E-state index in [4.69, 9.17) is 13.9 Å². The van der Waals surface area contributed by atoms with Crippen molar-refractivity contribution in [3.8, 4) is 5.75 Å². The SMILES string of the molecule is COc1ccc2c(COC(=O)C3(c4ccc(F)cc4)CCCC3)cc(=O)oc2c1. The minimum atomic E-state index is -0.772. The number of methoxy groups -OCH3 is 1. The maximum atomic E-state index is 13.3. The first-order valence-electron chi connectivity index (χ1n) is 9.56. The summed E-state index contributed by atoms with van der Waals surface area (Å²) in [5.41, 5.74) is 0.414. The number of ether oxygens (including phenoxy) is 2. The van der Waals surface area contributed by atoms with Gasteiger partial charge in [-0.15, -0.1) is 0 Å². The van der Waals surface area contributed by atoms with Gasteiger partial charge >= 0.3 is 11.6 Å². The summed E-state index contributed by atoms with van der Waals surface area (Å²) >= 11 is 0. The molecule has 0 N–H and O–H groups in total.